The molecule has 0 bridgehead atoms. The van der Waals surface area contributed by atoms with E-state index in [2.05, 4.69) is 14.8 Å². The molecule has 0 atom stereocenters. The van der Waals surface area contributed by atoms with Crippen LogP contribution in [0.4, 0.5) is 5.82 Å². The zero-order valence-electron chi connectivity index (χ0n) is 10.8. The number of nitriles is 1. The Balaban J connectivity index is 2.06. The number of pyridine rings is 1. The summed E-state index contributed by atoms with van der Waals surface area (Å²) in [5, 5.41) is 12.8. The highest BCUT2D eigenvalue weighted by molar-refractivity contribution is 7.92. The monoisotopic (exact) mass is 291 g/mol. The van der Waals surface area contributed by atoms with Crippen molar-refractivity contribution in [2.24, 2.45) is 7.05 Å². The molecule has 20 heavy (non-hydrogen) atoms. The second-order valence-electron chi connectivity index (χ2n) is 4.17. The van der Waals surface area contributed by atoms with Gasteiger partial charge < -0.3 is 0 Å². The van der Waals surface area contributed by atoms with Gasteiger partial charge in [0.15, 0.2) is 5.82 Å². The Labute approximate surface area is 116 Å². The summed E-state index contributed by atoms with van der Waals surface area (Å²) in [7, 11) is -1.95. The molecular formula is C12H13N5O2S. The van der Waals surface area contributed by atoms with E-state index in [9.17, 15) is 8.42 Å². The average molecular weight is 291 g/mol. The van der Waals surface area contributed by atoms with Crippen LogP contribution >= 0.6 is 0 Å². The Bertz CT molecular complexity index is 731. The molecule has 0 fully saturated rings. The van der Waals surface area contributed by atoms with E-state index in [1.54, 1.807) is 31.4 Å². The molecule has 7 nitrogen and oxygen atoms in total. The lowest BCUT2D eigenvalue weighted by Gasteiger charge is -2.05. The fourth-order valence-electron chi connectivity index (χ4n) is 1.63. The number of anilines is 1. The molecule has 2 heterocycles. The minimum Gasteiger partial charge on any atom is -0.272 e. The van der Waals surface area contributed by atoms with E-state index in [-0.39, 0.29) is 17.1 Å². The van der Waals surface area contributed by atoms with Gasteiger partial charge in [0.05, 0.1) is 5.75 Å². The van der Waals surface area contributed by atoms with Gasteiger partial charge in [-0.2, -0.15) is 10.4 Å². The first-order chi connectivity index (χ1) is 9.50. The highest BCUT2D eigenvalue weighted by Gasteiger charge is 2.16. The van der Waals surface area contributed by atoms with Crippen molar-refractivity contribution in [2.45, 2.75) is 6.42 Å². The van der Waals surface area contributed by atoms with Gasteiger partial charge in [0, 0.05) is 31.6 Å². The molecule has 2 aromatic heterocycles. The first-order valence-corrected chi connectivity index (χ1v) is 7.49. The molecule has 0 saturated heterocycles. The van der Waals surface area contributed by atoms with Crippen LogP contribution in [0, 0.1) is 11.3 Å². The maximum Gasteiger partial charge on any atom is 0.234 e. The van der Waals surface area contributed by atoms with Crippen LogP contribution in [0.5, 0.6) is 0 Å². The number of sulfonamides is 1. The quantitative estimate of drug-likeness (QED) is 0.872. The lowest BCUT2D eigenvalue weighted by molar-refractivity contribution is 0.599. The van der Waals surface area contributed by atoms with Crippen LogP contribution in [0.1, 0.15) is 11.3 Å². The molecule has 2 aromatic rings. The van der Waals surface area contributed by atoms with Crippen LogP contribution in [0.2, 0.25) is 0 Å². The fourth-order valence-corrected chi connectivity index (χ4v) is 2.65. The summed E-state index contributed by atoms with van der Waals surface area (Å²) >= 11 is 0. The van der Waals surface area contributed by atoms with E-state index >= 15 is 0 Å². The summed E-state index contributed by atoms with van der Waals surface area (Å²) in [6, 6.07) is 7.22. The van der Waals surface area contributed by atoms with Crippen molar-refractivity contribution in [2.75, 3.05) is 10.5 Å². The number of nitrogens with zero attached hydrogens (tertiary/aromatic N) is 4. The predicted molar refractivity (Wildman–Crippen MR) is 73.3 cm³/mol. The van der Waals surface area contributed by atoms with Crippen LogP contribution in [-0.4, -0.2) is 28.9 Å². The smallest absolute Gasteiger partial charge is 0.234 e. The zero-order chi connectivity index (χ0) is 14.6. The van der Waals surface area contributed by atoms with E-state index in [0.717, 1.165) is 0 Å². The summed E-state index contributed by atoms with van der Waals surface area (Å²) in [4.78, 5) is 4.06. The van der Waals surface area contributed by atoms with Crippen molar-refractivity contribution in [3.05, 3.63) is 41.9 Å². The van der Waals surface area contributed by atoms with E-state index < -0.39 is 10.0 Å². The third-order valence-corrected chi connectivity index (χ3v) is 3.80. The minimum absolute atomic E-state index is 0.0519. The van der Waals surface area contributed by atoms with Crippen molar-refractivity contribution in [3.8, 4) is 6.07 Å². The number of hydrogen-bond acceptors (Lipinski definition) is 5. The third-order valence-electron chi connectivity index (χ3n) is 2.55. The molecule has 0 aliphatic heterocycles. The van der Waals surface area contributed by atoms with Crippen molar-refractivity contribution >= 4 is 15.8 Å². The molecule has 8 heteroatoms. The Kier molecular flexibility index (Phi) is 4.00. The molecule has 104 valence electrons. The van der Waals surface area contributed by atoms with Crippen LogP contribution in [0.15, 0.2) is 30.6 Å². The lowest BCUT2D eigenvalue weighted by Crippen LogP contribution is -2.19. The number of hydrogen-bond donors (Lipinski definition) is 1. The molecule has 0 saturated carbocycles. The summed E-state index contributed by atoms with van der Waals surface area (Å²) in [5.74, 6) is -0.0677. The van der Waals surface area contributed by atoms with E-state index in [0.29, 0.717) is 12.1 Å². The highest BCUT2D eigenvalue weighted by Crippen LogP contribution is 2.13. The molecule has 0 aromatic carbocycles. The standard InChI is InChI=1S/C12H13N5O2S/c1-17-9-10(8-13)12(15-17)16-20(18,19)7-5-11-4-2-3-6-14-11/h2-4,6,9H,5,7H2,1H3,(H,15,16). The fraction of sp³-hybridized carbons (Fsp3) is 0.250. The van der Waals surface area contributed by atoms with Gasteiger partial charge in [-0.3, -0.25) is 14.4 Å². The topological polar surface area (TPSA) is 101 Å². The first-order valence-electron chi connectivity index (χ1n) is 5.84. The van der Waals surface area contributed by atoms with Gasteiger partial charge in [-0.05, 0) is 12.1 Å². The van der Waals surface area contributed by atoms with Crippen molar-refractivity contribution in [1.29, 1.82) is 5.26 Å². The van der Waals surface area contributed by atoms with E-state index in [4.69, 9.17) is 5.26 Å². The molecule has 1 N–H and O–H groups in total. The summed E-state index contributed by atoms with van der Waals surface area (Å²) < 4.78 is 27.6. The van der Waals surface area contributed by atoms with Crippen molar-refractivity contribution in [3.63, 3.8) is 0 Å². The molecule has 0 radical (unpaired) electrons. The molecule has 0 aliphatic carbocycles. The maximum absolute atomic E-state index is 12.0. The first kappa shape index (κ1) is 14.0. The molecule has 0 amide bonds. The molecule has 2 rings (SSSR count). The Morgan fingerprint density at radius 1 is 1.45 bits per heavy atom. The van der Waals surface area contributed by atoms with Crippen LogP contribution in [0.3, 0.4) is 0 Å². The van der Waals surface area contributed by atoms with Crippen LogP contribution in [0.25, 0.3) is 0 Å². The Morgan fingerprint density at radius 3 is 2.90 bits per heavy atom. The lowest BCUT2D eigenvalue weighted by atomic mass is 10.3. The molecule has 0 spiro atoms. The van der Waals surface area contributed by atoms with Gasteiger partial charge in [-0.1, -0.05) is 6.07 Å². The molecular weight excluding hydrogens is 278 g/mol. The van der Waals surface area contributed by atoms with Gasteiger partial charge in [0.25, 0.3) is 0 Å². The van der Waals surface area contributed by atoms with Gasteiger partial charge in [0.2, 0.25) is 10.0 Å². The van der Waals surface area contributed by atoms with E-state index in [1.807, 2.05) is 6.07 Å². The minimum atomic E-state index is -3.57. The number of aryl methyl sites for hydroxylation is 2. The van der Waals surface area contributed by atoms with E-state index in [1.165, 1.54) is 10.9 Å². The van der Waals surface area contributed by atoms with Crippen molar-refractivity contribution in [1.82, 2.24) is 14.8 Å². The van der Waals surface area contributed by atoms with Gasteiger partial charge >= 0.3 is 0 Å². The number of aromatic nitrogens is 3. The van der Waals surface area contributed by atoms with Crippen LogP contribution < -0.4 is 4.72 Å². The second-order valence-corrected chi connectivity index (χ2v) is 6.01. The zero-order valence-corrected chi connectivity index (χ0v) is 11.6. The number of nitrogens with one attached hydrogen (secondary N) is 1. The largest absolute Gasteiger partial charge is 0.272 e. The highest BCUT2D eigenvalue weighted by atomic mass is 32.2. The maximum atomic E-state index is 12.0. The Morgan fingerprint density at radius 2 is 2.25 bits per heavy atom. The average Bonchev–Trinajstić information content (AvgIpc) is 2.77. The number of rotatable bonds is 5. The normalized spacial score (nSPS) is 11.0. The predicted octanol–water partition coefficient (Wildman–Crippen LogP) is 0.671. The third kappa shape index (κ3) is 3.55. The molecule has 0 unspecified atom stereocenters. The van der Waals surface area contributed by atoms with Crippen molar-refractivity contribution < 1.29 is 8.42 Å². The summed E-state index contributed by atoms with van der Waals surface area (Å²) in [5.41, 5.74) is 0.883. The van der Waals surface area contributed by atoms with Crippen LogP contribution in [-0.2, 0) is 23.5 Å². The summed E-state index contributed by atoms with van der Waals surface area (Å²) in [6.45, 7) is 0. The molecule has 0 aliphatic rings. The van der Waals surface area contributed by atoms with Gasteiger partial charge in [-0.25, -0.2) is 8.42 Å². The van der Waals surface area contributed by atoms with Gasteiger partial charge in [-0.15, -0.1) is 0 Å². The second kappa shape index (κ2) is 5.71. The Hall–Kier alpha value is -2.40. The summed E-state index contributed by atoms with van der Waals surface area (Å²) in [6.07, 6.45) is 3.36. The van der Waals surface area contributed by atoms with Gasteiger partial charge in [0.1, 0.15) is 11.6 Å². The SMILES string of the molecule is Cn1cc(C#N)c(NS(=O)(=O)CCc2ccccn2)n1.